The van der Waals surface area contributed by atoms with Gasteiger partial charge in [0.1, 0.15) is 0 Å². The molecule has 158 valence electrons. The van der Waals surface area contributed by atoms with Gasteiger partial charge in [0, 0.05) is 5.75 Å². The molecule has 10 heteroatoms. The van der Waals surface area contributed by atoms with Gasteiger partial charge in [0.15, 0.2) is 10.1 Å². The molecule has 4 rings (SSSR count). The lowest BCUT2D eigenvalue weighted by Gasteiger charge is -2.01. The van der Waals surface area contributed by atoms with Crippen molar-refractivity contribution in [1.29, 1.82) is 0 Å². The van der Waals surface area contributed by atoms with Crippen LogP contribution < -0.4 is 5.32 Å². The Kier molecular flexibility index (Phi) is 6.21. The lowest BCUT2D eigenvalue weighted by atomic mass is 10.2. The summed E-state index contributed by atoms with van der Waals surface area (Å²) >= 11 is 2.76. The second-order valence-electron chi connectivity index (χ2n) is 6.54. The van der Waals surface area contributed by atoms with Crippen molar-refractivity contribution in [2.24, 2.45) is 0 Å². The van der Waals surface area contributed by atoms with Crippen LogP contribution in [-0.2, 0) is 15.6 Å². The summed E-state index contributed by atoms with van der Waals surface area (Å²) in [5, 5.41) is 10.7. The van der Waals surface area contributed by atoms with Crippen LogP contribution >= 0.6 is 23.1 Å². The van der Waals surface area contributed by atoms with Gasteiger partial charge >= 0.3 is 0 Å². The Morgan fingerprint density at radius 1 is 1.06 bits per heavy atom. The van der Waals surface area contributed by atoms with Gasteiger partial charge < -0.3 is 4.42 Å². The highest BCUT2D eigenvalue weighted by Gasteiger charge is 2.23. The summed E-state index contributed by atoms with van der Waals surface area (Å²) in [7, 11) is -3.83. The maximum atomic E-state index is 12.6. The van der Waals surface area contributed by atoms with Gasteiger partial charge in [0.25, 0.3) is 5.91 Å². The number of hydrogen-bond donors (Lipinski definition) is 1. The van der Waals surface area contributed by atoms with Gasteiger partial charge in [-0.05, 0) is 36.8 Å². The van der Waals surface area contributed by atoms with E-state index >= 15 is 0 Å². The third kappa shape index (κ3) is 5.04. The summed E-state index contributed by atoms with van der Waals surface area (Å²) < 4.78 is 31.2. The molecule has 0 spiro atoms. The lowest BCUT2D eigenvalue weighted by Crippen LogP contribution is -2.10. The summed E-state index contributed by atoms with van der Waals surface area (Å²) in [5.74, 6) is 0.0166. The number of hydrogen-bond acceptors (Lipinski definition) is 8. The fraction of sp³-hybridized carbons (Fsp3) is 0.0952. The molecule has 2 heterocycles. The number of aromatic nitrogens is 2. The zero-order valence-electron chi connectivity index (χ0n) is 16.3. The largest absolute Gasteiger partial charge is 0.439 e. The van der Waals surface area contributed by atoms with Crippen molar-refractivity contribution in [1.82, 2.24) is 10.2 Å². The van der Waals surface area contributed by atoms with Crippen LogP contribution in [-0.4, -0.2) is 24.5 Å². The zero-order valence-corrected chi connectivity index (χ0v) is 18.8. The maximum Gasteiger partial charge on any atom is 0.293 e. The molecule has 0 saturated carbocycles. The van der Waals surface area contributed by atoms with E-state index < -0.39 is 15.7 Å². The summed E-state index contributed by atoms with van der Waals surface area (Å²) in [6.45, 7) is 2.04. The maximum absolute atomic E-state index is 12.6. The van der Waals surface area contributed by atoms with E-state index in [1.165, 1.54) is 58.5 Å². The number of amides is 1. The number of benzene rings is 2. The van der Waals surface area contributed by atoms with E-state index in [1.54, 1.807) is 18.2 Å². The summed E-state index contributed by atoms with van der Waals surface area (Å²) in [6.07, 6.45) is 0. The summed E-state index contributed by atoms with van der Waals surface area (Å²) in [4.78, 5) is 12.5. The summed E-state index contributed by atoms with van der Waals surface area (Å²) in [6, 6.07) is 18.7. The molecule has 2 aromatic carbocycles. The predicted octanol–water partition coefficient (Wildman–Crippen LogP) is 4.82. The Balaban J connectivity index is 1.40. The third-order valence-electron chi connectivity index (χ3n) is 4.20. The van der Waals surface area contributed by atoms with Crippen LogP contribution in [0.2, 0.25) is 0 Å². The van der Waals surface area contributed by atoms with Gasteiger partial charge in [0.05, 0.1) is 4.90 Å². The number of furan rings is 1. The number of rotatable bonds is 7. The Labute approximate surface area is 187 Å². The van der Waals surface area contributed by atoms with Crippen molar-refractivity contribution in [2.75, 3.05) is 5.32 Å². The first-order chi connectivity index (χ1) is 14.9. The Hall–Kier alpha value is -2.95. The van der Waals surface area contributed by atoms with Gasteiger partial charge in [0.2, 0.25) is 20.1 Å². The van der Waals surface area contributed by atoms with Gasteiger partial charge in [-0.25, -0.2) is 8.42 Å². The second-order valence-corrected chi connectivity index (χ2v) is 10.6. The molecule has 0 bridgehead atoms. The standard InChI is InChI=1S/C21H17N3O4S3/c1-14-6-5-7-15(12-14)13-29-21-24-23-20(30-21)22-19(25)17-10-11-18(28-17)31(26,27)16-8-3-2-4-9-16/h2-12H,13H2,1H3,(H,22,23,25). The monoisotopic (exact) mass is 471 g/mol. The molecule has 0 aliphatic heterocycles. The van der Waals surface area contributed by atoms with Crippen LogP contribution in [0, 0.1) is 6.92 Å². The molecule has 0 aliphatic carbocycles. The molecule has 0 aliphatic rings. The highest BCUT2D eigenvalue weighted by molar-refractivity contribution is 8.00. The van der Waals surface area contributed by atoms with Crippen LogP contribution in [0.1, 0.15) is 21.7 Å². The third-order valence-corrected chi connectivity index (χ3v) is 7.88. The normalized spacial score (nSPS) is 11.4. The van der Waals surface area contributed by atoms with Gasteiger partial charge in [-0.1, -0.05) is 71.1 Å². The molecule has 7 nitrogen and oxygen atoms in total. The number of carbonyl (C=O) groups is 1. The first kappa shape index (κ1) is 21.3. The minimum absolute atomic E-state index is 0.0932. The minimum atomic E-state index is -3.83. The van der Waals surface area contributed by atoms with Crippen molar-refractivity contribution in [2.45, 2.75) is 27.0 Å². The van der Waals surface area contributed by atoms with E-state index in [-0.39, 0.29) is 15.7 Å². The molecule has 1 N–H and O–H groups in total. The van der Waals surface area contributed by atoms with E-state index in [4.69, 9.17) is 4.42 Å². The molecule has 0 unspecified atom stereocenters. The first-order valence-corrected chi connectivity index (χ1v) is 12.4. The average molecular weight is 472 g/mol. The number of anilines is 1. The van der Waals surface area contributed by atoms with Crippen molar-refractivity contribution in [3.8, 4) is 0 Å². The number of aryl methyl sites for hydroxylation is 1. The number of nitrogens with zero attached hydrogens (tertiary/aromatic N) is 2. The van der Waals surface area contributed by atoms with Crippen LogP contribution in [0.5, 0.6) is 0 Å². The van der Waals surface area contributed by atoms with Gasteiger partial charge in [-0.3, -0.25) is 10.1 Å². The number of carbonyl (C=O) groups excluding carboxylic acids is 1. The highest BCUT2D eigenvalue weighted by Crippen LogP contribution is 2.29. The van der Waals surface area contributed by atoms with E-state index in [2.05, 4.69) is 21.6 Å². The molecule has 0 radical (unpaired) electrons. The van der Waals surface area contributed by atoms with Crippen LogP contribution in [0.15, 0.2) is 85.5 Å². The van der Waals surface area contributed by atoms with E-state index in [9.17, 15) is 13.2 Å². The Bertz CT molecular complexity index is 1310. The zero-order chi connectivity index (χ0) is 21.8. The Morgan fingerprint density at radius 3 is 2.65 bits per heavy atom. The minimum Gasteiger partial charge on any atom is -0.439 e. The summed E-state index contributed by atoms with van der Waals surface area (Å²) in [5.41, 5.74) is 2.36. The molecule has 1 amide bonds. The van der Waals surface area contributed by atoms with E-state index in [1.807, 2.05) is 25.1 Å². The average Bonchev–Trinajstić information content (AvgIpc) is 3.43. The van der Waals surface area contributed by atoms with Gasteiger partial charge in [-0.15, -0.1) is 10.2 Å². The van der Waals surface area contributed by atoms with Crippen LogP contribution in [0.3, 0.4) is 0 Å². The van der Waals surface area contributed by atoms with Crippen molar-refractivity contribution in [3.05, 3.63) is 83.6 Å². The number of nitrogens with one attached hydrogen (secondary N) is 1. The first-order valence-electron chi connectivity index (χ1n) is 9.15. The van der Waals surface area contributed by atoms with E-state index in [0.29, 0.717) is 9.47 Å². The van der Waals surface area contributed by atoms with Gasteiger partial charge in [-0.2, -0.15) is 0 Å². The lowest BCUT2D eigenvalue weighted by molar-refractivity contribution is 0.0991. The molecular weight excluding hydrogens is 454 g/mol. The van der Waals surface area contributed by atoms with Crippen LogP contribution in [0.25, 0.3) is 0 Å². The second kappa shape index (κ2) is 9.04. The smallest absolute Gasteiger partial charge is 0.293 e. The Morgan fingerprint density at radius 2 is 1.87 bits per heavy atom. The molecule has 2 aromatic heterocycles. The number of sulfone groups is 1. The van der Waals surface area contributed by atoms with Crippen LogP contribution in [0.4, 0.5) is 5.13 Å². The fourth-order valence-electron chi connectivity index (χ4n) is 2.73. The molecule has 0 atom stereocenters. The SMILES string of the molecule is Cc1cccc(CSc2nnc(NC(=O)c3ccc(S(=O)(=O)c4ccccc4)o3)s2)c1. The van der Waals surface area contributed by atoms with E-state index in [0.717, 1.165) is 5.75 Å². The molecule has 0 fully saturated rings. The molecular formula is C21H17N3O4S3. The quantitative estimate of drug-likeness (QED) is 0.305. The predicted molar refractivity (Wildman–Crippen MR) is 119 cm³/mol. The molecule has 31 heavy (non-hydrogen) atoms. The highest BCUT2D eigenvalue weighted by atomic mass is 32.2. The van der Waals surface area contributed by atoms with Crippen molar-refractivity contribution < 1.29 is 17.6 Å². The fourth-order valence-corrected chi connectivity index (χ4v) is 5.61. The van der Waals surface area contributed by atoms with Crippen molar-refractivity contribution in [3.63, 3.8) is 0 Å². The molecule has 0 saturated heterocycles. The topological polar surface area (TPSA) is 102 Å². The number of thioether (sulfide) groups is 1. The molecule has 4 aromatic rings. The van der Waals surface area contributed by atoms with Crippen molar-refractivity contribution >= 4 is 44.0 Å².